The SMILES string of the molecule is O=C(CCC(=O)c1ccccc1)NNC(=O)CN1C(=O)COc2ccccc21. The number of hydrogen-bond acceptors (Lipinski definition) is 5. The van der Waals surface area contributed by atoms with Gasteiger partial charge in [-0.15, -0.1) is 0 Å². The van der Waals surface area contributed by atoms with E-state index >= 15 is 0 Å². The first-order valence-electron chi connectivity index (χ1n) is 8.72. The number of ketones is 1. The van der Waals surface area contributed by atoms with E-state index < -0.39 is 11.8 Å². The Balaban J connectivity index is 1.46. The summed E-state index contributed by atoms with van der Waals surface area (Å²) < 4.78 is 5.31. The lowest BCUT2D eigenvalue weighted by Gasteiger charge is -2.28. The minimum absolute atomic E-state index is 0.0288. The number of Topliss-reactive ketones (excluding diaryl/α,β-unsaturated/α-hetero) is 1. The van der Waals surface area contributed by atoms with Crippen LogP contribution in [0.25, 0.3) is 0 Å². The lowest BCUT2D eigenvalue weighted by atomic mass is 10.1. The van der Waals surface area contributed by atoms with Crippen LogP contribution in [0.3, 0.4) is 0 Å². The quantitative estimate of drug-likeness (QED) is 0.578. The summed E-state index contributed by atoms with van der Waals surface area (Å²) in [5, 5.41) is 0. The summed E-state index contributed by atoms with van der Waals surface area (Å²) in [6, 6.07) is 15.5. The van der Waals surface area contributed by atoms with Crippen molar-refractivity contribution in [3.05, 3.63) is 60.2 Å². The van der Waals surface area contributed by atoms with E-state index in [1.807, 2.05) is 0 Å². The molecule has 0 atom stereocenters. The molecule has 144 valence electrons. The van der Waals surface area contributed by atoms with E-state index in [9.17, 15) is 19.2 Å². The number of benzene rings is 2. The van der Waals surface area contributed by atoms with Gasteiger partial charge in [0.05, 0.1) is 5.69 Å². The van der Waals surface area contributed by atoms with Crippen LogP contribution in [0.1, 0.15) is 23.2 Å². The number of carbonyl (C=O) groups is 4. The summed E-state index contributed by atoms with van der Waals surface area (Å²) in [5.74, 6) is -1.05. The van der Waals surface area contributed by atoms with Gasteiger partial charge in [-0.05, 0) is 12.1 Å². The molecule has 8 nitrogen and oxygen atoms in total. The van der Waals surface area contributed by atoms with Gasteiger partial charge >= 0.3 is 0 Å². The van der Waals surface area contributed by atoms with Gasteiger partial charge in [-0.2, -0.15) is 0 Å². The third-order valence-electron chi connectivity index (χ3n) is 4.13. The maximum atomic E-state index is 12.1. The molecule has 3 rings (SSSR count). The number of amides is 3. The van der Waals surface area contributed by atoms with E-state index in [-0.39, 0.29) is 37.7 Å². The predicted molar refractivity (Wildman–Crippen MR) is 101 cm³/mol. The van der Waals surface area contributed by atoms with Crippen molar-refractivity contribution in [2.75, 3.05) is 18.1 Å². The summed E-state index contributed by atoms with van der Waals surface area (Å²) in [6.07, 6.45) is -0.0334. The van der Waals surface area contributed by atoms with Crippen LogP contribution in [0.4, 0.5) is 5.69 Å². The van der Waals surface area contributed by atoms with Crippen LogP contribution in [0.5, 0.6) is 5.75 Å². The van der Waals surface area contributed by atoms with E-state index in [1.54, 1.807) is 54.6 Å². The summed E-state index contributed by atoms with van der Waals surface area (Å²) in [7, 11) is 0. The molecule has 8 heteroatoms. The number of nitrogens with one attached hydrogen (secondary N) is 2. The number of carbonyl (C=O) groups excluding carboxylic acids is 4. The van der Waals surface area contributed by atoms with Gasteiger partial charge in [-0.25, -0.2) is 0 Å². The topological polar surface area (TPSA) is 105 Å². The lowest BCUT2D eigenvalue weighted by molar-refractivity contribution is -0.129. The lowest BCUT2D eigenvalue weighted by Crippen LogP contribution is -2.49. The van der Waals surface area contributed by atoms with Gasteiger partial charge in [0.15, 0.2) is 12.4 Å². The molecule has 0 saturated heterocycles. The van der Waals surface area contributed by atoms with Crippen LogP contribution in [-0.4, -0.2) is 36.7 Å². The molecule has 0 spiro atoms. The molecule has 2 aromatic carbocycles. The molecule has 0 bridgehead atoms. The zero-order chi connectivity index (χ0) is 19.9. The predicted octanol–water partition coefficient (Wildman–Crippen LogP) is 1.22. The molecule has 2 N–H and O–H groups in total. The summed E-state index contributed by atoms with van der Waals surface area (Å²) in [6.45, 7) is -0.416. The van der Waals surface area contributed by atoms with Gasteiger partial charge in [-0.3, -0.25) is 34.9 Å². The molecule has 1 heterocycles. The van der Waals surface area contributed by atoms with Crippen molar-refractivity contribution >= 4 is 29.2 Å². The van der Waals surface area contributed by atoms with Gasteiger partial charge in [0.1, 0.15) is 12.3 Å². The molecule has 1 aliphatic heterocycles. The molecule has 0 unspecified atom stereocenters. The van der Waals surface area contributed by atoms with Gasteiger partial charge in [0.25, 0.3) is 11.8 Å². The monoisotopic (exact) mass is 381 g/mol. The summed E-state index contributed by atoms with van der Waals surface area (Å²) in [5.41, 5.74) is 5.54. The van der Waals surface area contributed by atoms with Crippen LogP contribution in [0, 0.1) is 0 Å². The Labute approximate surface area is 161 Å². The summed E-state index contributed by atoms with van der Waals surface area (Å²) >= 11 is 0. The number of hydrogen-bond donors (Lipinski definition) is 2. The van der Waals surface area contributed by atoms with Crippen molar-refractivity contribution in [2.24, 2.45) is 0 Å². The smallest absolute Gasteiger partial charge is 0.265 e. The molecule has 28 heavy (non-hydrogen) atoms. The number of ether oxygens (including phenoxy) is 1. The Morgan fingerprint density at radius 2 is 1.57 bits per heavy atom. The van der Waals surface area contributed by atoms with Crippen LogP contribution in [0.15, 0.2) is 54.6 Å². The van der Waals surface area contributed by atoms with Crippen molar-refractivity contribution in [1.29, 1.82) is 0 Å². The maximum absolute atomic E-state index is 12.1. The molecule has 3 amide bonds. The van der Waals surface area contributed by atoms with Crippen LogP contribution in [0.2, 0.25) is 0 Å². The largest absolute Gasteiger partial charge is 0.482 e. The average molecular weight is 381 g/mol. The molecular formula is C20H19N3O5. The normalized spacial score (nSPS) is 12.6. The van der Waals surface area contributed by atoms with Gasteiger partial charge in [0.2, 0.25) is 5.91 Å². The second-order valence-electron chi connectivity index (χ2n) is 6.12. The van der Waals surface area contributed by atoms with E-state index in [2.05, 4.69) is 10.9 Å². The van der Waals surface area contributed by atoms with Crippen molar-refractivity contribution in [3.8, 4) is 5.75 Å². The van der Waals surface area contributed by atoms with Gasteiger partial charge < -0.3 is 4.74 Å². The Kier molecular flexibility index (Phi) is 6.01. The fraction of sp³-hybridized carbons (Fsp3) is 0.200. The first-order chi connectivity index (χ1) is 13.5. The molecule has 0 radical (unpaired) electrons. The zero-order valence-electron chi connectivity index (χ0n) is 15.0. The van der Waals surface area contributed by atoms with Crippen molar-refractivity contribution in [2.45, 2.75) is 12.8 Å². The fourth-order valence-corrected chi connectivity index (χ4v) is 2.71. The average Bonchev–Trinajstić information content (AvgIpc) is 2.73. The van der Waals surface area contributed by atoms with E-state index in [0.29, 0.717) is 17.0 Å². The highest BCUT2D eigenvalue weighted by atomic mass is 16.5. The number of hydrazine groups is 1. The van der Waals surface area contributed by atoms with Crippen LogP contribution in [-0.2, 0) is 14.4 Å². The third-order valence-corrected chi connectivity index (χ3v) is 4.13. The minimum atomic E-state index is -0.562. The first kappa shape index (κ1) is 19.1. The molecule has 0 aliphatic carbocycles. The van der Waals surface area contributed by atoms with Crippen LogP contribution < -0.4 is 20.5 Å². The molecule has 0 fully saturated rings. The number of fused-ring (bicyclic) bond motifs is 1. The number of rotatable bonds is 6. The minimum Gasteiger partial charge on any atom is -0.482 e. The highest BCUT2D eigenvalue weighted by molar-refractivity contribution is 6.02. The van der Waals surface area contributed by atoms with E-state index in [4.69, 9.17) is 4.74 Å². The maximum Gasteiger partial charge on any atom is 0.265 e. The van der Waals surface area contributed by atoms with Crippen LogP contribution >= 0.6 is 0 Å². The molecule has 2 aromatic rings. The standard InChI is InChI=1S/C20H19N3O5/c24-16(14-6-2-1-3-7-14)10-11-18(25)21-22-19(26)12-23-15-8-4-5-9-17(15)28-13-20(23)27/h1-9H,10-13H2,(H,21,25)(H,22,26). The number of nitrogens with zero attached hydrogens (tertiary/aromatic N) is 1. The number of anilines is 1. The summed E-state index contributed by atoms with van der Waals surface area (Å²) in [4.78, 5) is 49.3. The fourth-order valence-electron chi connectivity index (χ4n) is 2.71. The Morgan fingerprint density at radius 3 is 2.36 bits per heavy atom. The Hall–Kier alpha value is -3.68. The molecule has 0 aromatic heterocycles. The second-order valence-corrected chi connectivity index (χ2v) is 6.12. The van der Waals surface area contributed by atoms with Crippen molar-refractivity contribution < 1.29 is 23.9 Å². The Morgan fingerprint density at radius 1 is 0.893 bits per heavy atom. The highest BCUT2D eigenvalue weighted by Crippen LogP contribution is 2.31. The third kappa shape index (κ3) is 4.73. The Bertz CT molecular complexity index is 898. The van der Waals surface area contributed by atoms with Gasteiger partial charge in [-0.1, -0.05) is 42.5 Å². The van der Waals surface area contributed by atoms with E-state index in [0.717, 1.165) is 0 Å². The first-order valence-corrected chi connectivity index (χ1v) is 8.72. The van der Waals surface area contributed by atoms with Crippen molar-refractivity contribution in [3.63, 3.8) is 0 Å². The van der Waals surface area contributed by atoms with Gasteiger partial charge in [0, 0.05) is 18.4 Å². The zero-order valence-corrected chi connectivity index (χ0v) is 15.0. The second kappa shape index (κ2) is 8.81. The highest BCUT2D eigenvalue weighted by Gasteiger charge is 2.27. The van der Waals surface area contributed by atoms with Crippen molar-refractivity contribution in [1.82, 2.24) is 10.9 Å². The van der Waals surface area contributed by atoms with E-state index in [1.165, 1.54) is 4.90 Å². The molecular weight excluding hydrogens is 362 g/mol. The molecule has 1 aliphatic rings. The number of para-hydroxylation sites is 2. The molecule has 0 saturated carbocycles.